The number of likely N-dealkylation sites (tertiary alicyclic amines) is 1. The lowest BCUT2D eigenvalue weighted by molar-refractivity contribution is 0.0645. The third-order valence-electron chi connectivity index (χ3n) is 7.93. The van der Waals surface area contributed by atoms with E-state index < -0.39 is 0 Å². The molecule has 0 unspecified atom stereocenters. The molecule has 5 heterocycles. The summed E-state index contributed by atoms with van der Waals surface area (Å²) >= 11 is 1.55. The highest BCUT2D eigenvalue weighted by molar-refractivity contribution is 7.09. The van der Waals surface area contributed by atoms with Crippen molar-refractivity contribution in [1.29, 1.82) is 0 Å². The van der Waals surface area contributed by atoms with Crippen LogP contribution in [0.3, 0.4) is 0 Å². The van der Waals surface area contributed by atoms with E-state index >= 15 is 0 Å². The summed E-state index contributed by atoms with van der Waals surface area (Å²) in [4.78, 5) is 37.3. The van der Waals surface area contributed by atoms with Crippen LogP contribution in [-0.4, -0.2) is 97.1 Å². The fourth-order valence-corrected chi connectivity index (χ4v) is 6.49. The van der Waals surface area contributed by atoms with Crippen LogP contribution in [0.4, 0.5) is 0 Å². The Hall–Kier alpha value is -3.96. The average molecular weight is 571 g/mol. The van der Waals surface area contributed by atoms with E-state index in [-0.39, 0.29) is 17.7 Å². The second kappa shape index (κ2) is 11.9. The molecule has 1 aromatic carbocycles. The third-order valence-corrected chi connectivity index (χ3v) is 8.94. The summed E-state index contributed by atoms with van der Waals surface area (Å²) < 4.78 is 1.68. The van der Waals surface area contributed by atoms with Crippen molar-refractivity contribution in [3.05, 3.63) is 81.2 Å². The minimum atomic E-state index is -0.117. The Morgan fingerprint density at radius 1 is 0.951 bits per heavy atom. The number of piperidine rings is 1. The first-order valence-corrected chi connectivity index (χ1v) is 15.0. The van der Waals surface area contributed by atoms with Crippen LogP contribution in [0.5, 0.6) is 0 Å². The first-order valence-electron chi connectivity index (χ1n) is 14.1. The molecule has 41 heavy (non-hydrogen) atoms. The molecule has 0 atom stereocenters. The van der Waals surface area contributed by atoms with Crippen LogP contribution in [0.2, 0.25) is 0 Å². The van der Waals surface area contributed by atoms with Gasteiger partial charge < -0.3 is 9.80 Å². The van der Waals surface area contributed by atoms with Gasteiger partial charge in [0.15, 0.2) is 11.3 Å². The quantitative estimate of drug-likeness (QED) is 0.349. The molecule has 2 fully saturated rings. The summed E-state index contributed by atoms with van der Waals surface area (Å²) in [5.74, 6) is 0.133. The van der Waals surface area contributed by atoms with E-state index in [0.29, 0.717) is 48.9 Å². The topological polar surface area (TPSA) is 99.8 Å². The number of thiazole rings is 1. The second-order valence-corrected chi connectivity index (χ2v) is 11.6. The maximum absolute atomic E-state index is 13.2. The highest BCUT2D eigenvalue weighted by atomic mass is 32.1. The molecule has 10 nitrogen and oxygen atoms in total. The van der Waals surface area contributed by atoms with Gasteiger partial charge in [-0.3, -0.25) is 14.5 Å². The molecule has 11 heteroatoms. The van der Waals surface area contributed by atoms with Crippen LogP contribution in [0.15, 0.2) is 47.9 Å². The zero-order valence-electron chi connectivity index (χ0n) is 23.4. The SMILES string of the molecule is Cc1cc2nnc(C(=O)N3CCC(c4nc(C(=O)N5CCN(CC=Cc6ccccc6)CC5)cs4)CC3)c(C)n2n1. The molecule has 4 aromatic rings. The van der Waals surface area contributed by atoms with E-state index in [1.807, 2.05) is 53.3 Å². The molecule has 0 bridgehead atoms. The van der Waals surface area contributed by atoms with Crippen molar-refractivity contribution in [1.82, 2.24) is 39.5 Å². The fraction of sp³-hybridized carbons (Fsp3) is 0.400. The summed E-state index contributed by atoms with van der Waals surface area (Å²) in [7, 11) is 0. The van der Waals surface area contributed by atoms with Gasteiger partial charge in [0.05, 0.1) is 16.4 Å². The lowest BCUT2D eigenvalue weighted by Gasteiger charge is -2.33. The van der Waals surface area contributed by atoms with Crippen molar-refractivity contribution < 1.29 is 9.59 Å². The Morgan fingerprint density at radius 3 is 2.44 bits per heavy atom. The maximum atomic E-state index is 13.2. The summed E-state index contributed by atoms with van der Waals surface area (Å²) in [5, 5.41) is 15.7. The van der Waals surface area contributed by atoms with E-state index in [4.69, 9.17) is 4.98 Å². The number of carbonyl (C=O) groups is 2. The second-order valence-electron chi connectivity index (χ2n) is 10.7. The van der Waals surface area contributed by atoms with Crippen LogP contribution >= 0.6 is 11.3 Å². The number of aryl methyl sites for hydroxylation is 2. The number of hydrogen-bond donors (Lipinski definition) is 0. The summed E-state index contributed by atoms with van der Waals surface area (Å²) in [5.41, 5.74) is 4.25. The van der Waals surface area contributed by atoms with Gasteiger partial charge in [-0.2, -0.15) is 5.10 Å². The standard InChI is InChI=1S/C30H34N8O2S/c1-21-19-26-32-33-27(22(2)38(26)34-21)30(40)36-13-10-24(11-14-36)28-31-25(20-41-28)29(39)37-17-15-35(16-18-37)12-6-9-23-7-4-3-5-8-23/h3-9,19-20,24H,10-18H2,1-2H3. The molecule has 0 saturated carbocycles. The lowest BCUT2D eigenvalue weighted by Crippen LogP contribution is -2.48. The Balaban J connectivity index is 0.997. The molecular formula is C30H34N8O2S. The van der Waals surface area contributed by atoms with Gasteiger partial charge in [0.25, 0.3) is 11.8 Å². The molecular weight excluding hydrogens is 536 g/mol. The zero-order valence-corrected chi connectivity index (χ0v) is 24.3. The number of aromatic nitrogens is 5. The average Bonchev–Trinajstić information content (AvgIpc) is 3.65. The molecule has 0 aliphatic carbocycles. The monoisotopic (exact) mass is 570 g/mol. The number of fused-ring (bicyclic) bond motifs is 1. The van der Waals surface area contributed by atoms with Gasteiger partial charge >= 0.3 is 0 Å². The minimum Gasteiger partial charge on any atom is -0.337 e. The number of hydrogen-bond acceptors (Lipinski definition) is 8. The van der Waals surface area contributed by atoms with E-state index in [2.05, 4.69) is 44.5 Å². The fourth-order valence-electron chi connectivity index (χ4n) is 5.53. The number of benzene rings is 1. The minimum absolute atomic E-state index is 0.0119. The molecule has 0 spiro atoms. The Bertz CT molecular complexity index is 1560. The first-order chi connectivity index (χ1) is 20.0. The molecule has 2 amide bonds. The Morgan fingerprint density at radius 2 is 1.68 bits per heavy atom. The predicted molar refractivity (Wildman–Crippen MR) is 158 cm³/mol. The normalized spacial score (nSPS) is 17.1. The zero-order chi connectivity index (χ0) is 28.3. The van der Waals surface area contributed by atoms with Gasteiger partial charge in [-0.15, -0.1) is 21.5 Å². The number of nitrogens with zero attached hydrogens (tertiary/aromatic N) is 8. The number of carbonyl (C=O) groups excluding carboxylic acids is 2. The van der Waals surface area contributed by atoms with Crippen molar-refractivity contribution in [2.45, 2.75) is 32.6 Å². The molecule has 2 aliphatic heterocycles. The van der Waals surface area contributed by atoms with Crippen LogP contribution in [0.25, 0.3) is 11.7 Å². The largest absolute Gasteiger partial charge is 0.337 e. The van der Waals surface area contributed by atoms with Crippen molar-refractivity contribution in [2.24, 2.45) is 0 Å². The molecule has 2 aliphatic rings. The molecule has 3 aromatic heterocycles. The van der Waals surface area contributed by atoms with Crippen molar-refractivity contribution in [2.75, 3.05) is 45.8 Å². The van der Waals surface area contributed by atoms with E-state index in [1.165, 1.54) is 5.56 Å². The van der Waals surface area contributed by atoms with Gasteiger partial charge in [0, 0.05) is 63.2 Å². The van der Waals surface area contributed by atoms with Gasteiger partial charge in [0.2, 0.25) is 0 Å². The summed E-state index contributed by atoms with van der Waals surface area (Å²) in [6.07, 6.45) is 5.94. The highest BCUT2D eigenvalue weighted by Gasteiger charge is 2.30. The highest BCUT2D eigenvalue weighted by Crippen LogP contribution is 2.31. The maximum Gasteiger partial charge on any atom is 0.276 e. The summed E-state index contributed by atoms with van der Waals surface area (Å²) in [6.45, 7) is 8.97. The van der Waals surface area contributed by atoms with Crippen molar-refractivity contribution in [3.8, 4) is 0 Å². The van der Waals surface area contributed by atoms with Gasteiger partial charge in [0.1, 0.15) is 5.69 Å². The van der Waals surface area contributed by atoms with E-state index in [1.54, 1.807) is 15.9 Å². The third kappa shape index (κ3) is 5.91. The number of amides is 2. The molecule has 2 saturated heterocycles. The van der Waals surface area contributed by atoms with Gasteiger partial charge in [-0.1, -0.05) is 42.5 Å². The van der Waals surface area contributed by atoms with Crippen LogP contribution < -0.4 is 0 Å². The van der Waals surface area contributed by atoms with E-state index in [9.17, 15) is 9.59 Å². The number of piperazine rings is 1. The van der Waals surface area contributed by atoms with Crippen LogP contribution in [-0.2, 0) is 0 Å². The molecule has 212 valence electrons. The predicted octanol–water partition coefficient (Wildman–Crippen LogP) is 3.69. The van der Waals surface area contributed by atoms with Crippen molar-refractivity contribution >= 4 is 34.9 Å². The van der Waals surface area contributed by atoms with Gasteiger partial charge in [-0.25, -0.2) is 9.50 Å². The van der Waals surface area contributed by atoms with Crippen LogP contribution in [0, 0.1) is 13.8 Å². The lowest BCUT2D eigenvalue weighted by atomic mass is 9.97. The van der Waals surface area contributed by atoms with Crippen molar-refractivity contribution in [3.63, 3.8) is 0 Å². The summed E-state index contributed by atoms with van der Waals surface area (Å²) in [6, 6.07) is 12.1. The molecule has 0 radical (unpaired) electrons. The van der Waals surface area contributed by atoms with Gasteiger partial charge in [-0.05, 0) is 32.3 Å². The first kappa shape index (κ1) is 27.2. The van der Waals surface area contributed by atoms with E-state index in [0.717, 1.165) is 43.2 Å². The number of rotatable bonds is 6. The Kier molecular flexibility index (Phi) is 7.89. The molecule has 6 rings (SSSR count). The Labute approximate surface area is 243 Å². The molecule has 0 N–H and O–H groups in total. The smallest absolute Gasteiger partial charge is 0.276 e. The van der Waals surface area contributed by atoms with Crippen LogP contribution in [0.1, 0.15) is 61.7 Å².